The Morgan fingerprint density at radius 2 is 1.96 bits per heavy atom. The summed E-state index contributed by atoms with van der Waals surface area (Å²) in [5.41, 5.74) is 3.70. The van der Waals surface area contributed by atoms with Gasteiger partial charge in [-0.2, -0.15) is 0 Å². The summed E-state index contributed by atoms with van der Waals surface area (Å²) in [6.45, 7) is 2.79. The molecule has 1 heterocycles. The van der Waals surface area contributed by atoms with Gasteiger partial charge in [-0.05, 0) is 60.3 Å². The number of benzene rings is 2. The molecular weight excluding hydrogens is 290 g/mol. The van der Waals surface area contributed by atoms with E-state index in [1.54, 1.807) is 14.2 Å². The average molecular weight is 313 g/mol. The van der Waals surface area contributed by atoms with Crippen LogP contribution in [0.5, 0.6) is 17.2 Å². The lowest BCUT2D eigenvalue weighted by atomic mass is 10.0. The Morgan fingerprint density at radius 3 is 2.74 bits per heavy atom. The highest BCUT2D eigenvalue weighted by atomic mass is 16.5. The molecule has 3 rings (SSSR count). The molecule has 2 aromatic carbocycles. The molecule has 0 unspecified atom stereocenters. The molecule has 1 aliphatic rings. The van der Waals surface area contributed by atoms with Gasteiger partial charge in [0.05, 0.1) is 14.2 Å². The van der Waals surface area contributed by atoms with Crippen molar-refractivity contribution in [2.75, 3.05) is 20.8 Å². The van der Waals surface area contributed by atoms with Crippen LogP contribution in [-0.4, -0.2) is 30.8 Å². The number of aromatic hydroxyl groups is 1. The summed E-state index contributed by atoms with van der Waals surface area (Å²) in [7, 11) is 3.28. The van der Waals surface area contributed by atoms with Crippen molar-refractivity contribution in [2.45, 2.75) is 25.9 Å². The van der Waals surface area contributed by atoms with Crippen molar-refractivity contribution < 1.29 is 14.6 Å². The zero-order chi connectivity index (χ0) is 16.2. The third-order valence-electron chi connectivity index (χ3n) is 4.36. The minimum atomic E-state index is 0.229. The van der Waals surface area contributed by atoms with E-state index in [1.807, 2.05) is 24.3 Å². The van der Waals surface area contributed by atoms with E-state index in [-0.39, 0.29) is 5.75 Å². The van der Waals surface area contributed by atoms with Gasteiger partial charge in [0.1, 0.15) is 5.75 Å². The quantitative estimate of drug-likeness (QED) is 0.940. The van der Waals surface area contributed by atoms with E-state index in [0.717, 1.165) is 38.2 Å². The molecule has 0 bridgehead atoms. The minimum absolute atomic E-state index is 0.229. The molecule has 1 N–H and O–H groups in total. The fourth-order valence-electron chi connectivity index (χ4n) is 3.17. The lowest BCUT2D eigenvalue weighted by Crippen LogP contribution is -2.22. The van der Waals surface area contributed by atoms with Crippen molar-refractivity contribution in [3.8, 4) is 17.2 Å². The molecule has 0 atom stereocenters. The molecule has 0 aromatic heterocycles. The number of aryl methyl sites for hydroxylation is 1. The van der Waals surface area contributed by atoms with E-state index in [2.05, 4.69) is 17.0 Å². The zero-order valence-electron chi connectivity index (χ0n) is 13.7. The molecule has 4 heteroatoms. The van der Waals surface area contributed by atoms with Crippen LogP contribution in [0.2, 0.25) is 0 Å². The Labute approximate surface area is 137 Å². The van der Waals surface area contributed by atoms with Gasteiger partial charge in [-0.3, -0.25) is 4.90 Å². The Balaban J connectivity index is 1.80. The van der Waals surface area contributed by atoms with Crippen LogP contribution in [0.15, 0.2) is 36.4 Å². The van der Waals surface area contributed by atoms with Crippen molar-refractivity contribution in [2.24, 2.45) is 0 Å². The molecular formula is C19H23NO3. The molecule has 0 amide bonds. The van der Waals surface area contributed by atoms with E-state index >= 15 is 0 Å². The van der Waals surface area contributed by atoms with Crippen LogP contribution >= 0.6 is 0 Å². The van der Waals surface area contributed by atoms with Gasteiger partial charge < -0.3 is 14.6 Å². The van der Waals surface area contributed by atoms with Crippen molar-refractivity contribution >= 4 is 0 Å². The van der Waals surface area contributed by atoms with Crippen LogP contribution in [0, 0.1) is 0 Å². The van der Waals surface area contributed by atoms with E-state index < -0.39 is 0 Å². The first-order valence-electron chi connectivity index (χ1n) is 7.93. The van der Waals surface area contributed by atoms with Crippen molar-refractivity contribution in [1.82, 2.24) is 4.90 Å². The molecule has 4 nitrogen and oxygen atoms in total. The molecule has 0 radical (unpaired) electrons. The fourth-order valence-corrected chi connectivity index (χ4v) is 3.17. The highest BCUT2D eigenvalue weighted by Crippen LogP contribution is 2.32. The number of methoxy groups -OCH3 is 2. The summed E-state index contributed by atoms with van der Waals surface area (Å²) in [6, 6.07) is 12.0. The minimum Gasteiger partial charge on any atom is -0.504 e. The first-order chi connectivity index (χ1) is 11.2. The molecule has 2 aromatic rings. The smallest absolute Gasteiger partial charge is 0.160 e. The molecule has 0 saturated heterocycles. The monoisotopic (exact) mass is 313 g/mol. The molecule has 122 valence electrons. The van der Waals surface area contributed by atoms with Gasteiger partial charge in [-0.1, -0.05) is 12.1 Å². The summed E-state index contributed by atoms with van der Waals surface area (Å²) in [5, 5.41) is 9.96. The number of phenolic OH excluding ortho intramolecular Hbond substituents is 1. The number of phenols is 1. The van der Waals surface area contributed by atoms with Gasteiger partial charge in [-0.25, -0.2) is 0 Å². The van der Waals surface area contributed by atoms with Crippen LogP contribution in [0.4, 0.5) is 0 Å². The van der Waals surface area contributed by atoms with Gasteiger partial charge in [0.25, 0.3) is 0 Å². The lowest BCUT2D eigenvalue weighted by molar-refractivity contribution is 0.260. The van der Waals surface area contributed by atoms with Crippen LogP contribution in [-0.2, 0) is 19.5 Å². The van der Waals surface area contributed by atoms with Crippen molar-refractivity contribution in [3.05, 3.63) is 53.1 Å². The summed E-state index contributed by atoms with van der Waals surface area (Å²) >= 11 is 0. The number of nitrogens with zero attached hydrogens (tertiary/aromatic N) is 1. The normalized spacial score (nSPS) is 14.9. The molecule has 1 aliphatic heterocycles. The van der Waals surface area contributed by atoms with Crippen LogP contribution in [0.3, 0.4) is 0 Å². The SMILES string of the molecule is COc1cccc(CN2CCCc3cc(O)c(OC)cc3C2)c1. The largest absolute Gasteiger partial charge is 0.504 e. The van der Waals surface area contributed by atoms with E-state index in [9.17, 15) is 5.11 Å². The summed E-state index contributed by atoms with van der Waals surface area (Å²) in [5.74, 6) is 1.67. The molecule has 0 aliphatic carbocycles. The predicted octanol–water partition coefficient (Wildman–Crippen LogP) is 3.36. The van der Waals surface area contributed by atoms with Gasteiger partial charge in [0, 0.05) is 13.1 Å². The van der Waals surface area contributed by atoms with Crippen molar-refractivity contribution in [1.29, 1.82) is 0 Å². The van der Waals surface area contributed by atoms with Crippen LogP contribution in [0.1, 0.15) is 23.1 Å². The Hall–Kier alpha value is -2.20. The van der Waals surface area contributed by atoms with Crippen molar-refractivity contribution in [3.63, 3.8) is 0 Å². The van der Waals surface area contributed by atoms with Gasteiger partial charge in [-0.15, -0.1) is 0 Å². The first kappa shape index (κ1) is 15.7. The van der Waals surface area contributed by atoms with E-state index in [1.165, 1.54) is 16.7 Å². The number of hydrogen-bond donors (Lipinski definition) is 1. The third-order valence-corrected chi connectivity index (χ3v) is 4.36. The number of hydrogen-bond acceptors (Lipinski definition) is 4. The predicted molar refractivity (Wildman–Crippen MR) is 90.1 cm³/mol. The second kappa shape index (κ2) is 6.92. The lowest BCUT2D eigenvalue weighted by Gasteiger charge is -2.21. The highest BCUT2D eigenvalue weighted by molar-refractivity contribution is 5.47. The van der Waals surface area contributed by atoms with Gasteiger partial charge in [0.15, 0.2) is 11.5 Å². The Kier molecular flexibility index (Phi) is 4.72. The van der Waals surface area contributed by atoms with Gasteiger partial charge >= 0.3 is 0 Å². The second-order valence-electron chi connectivity index (χ2n) is 5.96. The van der Waals surface area contributed by atoms with Crippen LogP contribution in [0.25, 0.3) is 0 Å². The fraction of sp³-hybridized carbons (Fsp3) is 0.368. The maximum atomic E-state index is 9.96. The molecule has 0 fully saturated rings. The maximum Gasteiger partial charge on any atom is 0.160 e. The van der Waals surface area contributed by atoms with Crippen LogP contribution < -0.4 is 9.47 Å². The average Bonchev–Trinajstić information content (AvgIpc) is 2.75. The number of rotatable bonds is 4. The first-order valence-corrected chi connectivity index (χ1v) is 7.93. The summed E-state index contributed by atoms with van der Waals surface area (Å²) in [6.07, 6.45) is 2.07. The second-order valence-corrected chi connectivity index (χ2v) is 5.96. The van der Waals surface area contributed by atoms with E-state index in [0.29, 0.717) is 5.75 Å². The molecule has 0 saturated carbocycles. The highest BCUT2D eigenvalue weighted by Gasteiger charge is 2.17. The third kappa shape index (κ3) is 3.59. The number of ether oxygens (including phenoxy) is 2. The maximum absolute atomic E-state index is 9.96. The Bertz CT molecular complexity index is 684. The topological polar surface area (TPSA) is 41.9 Å². The molecule has 23 heavy (non-hydrogen) atoms. The number of fused-ring (bicyclic) bond motifs is 1. The van der Waals surface area contributed by atoms with Gasteiger partial charge in [0.2, 0.25) is 0 Å². The summed E-state index contributed by atoms with van der Waals surface area (Å²) < 4.78 is 10.6. The Morgan fingerprint density at radius 1 is 1.09 bits per heavy atom. The standard InChI is InChI=1S/C19H23NO3/c1-22-17-7-3-5-14(9-17)12-20-8-4-6-15-10-18(21)19(23-2)11-16(15)13-20/h3,5,7,9-11,21H,4,6,8,12-13H2,1-2H3. The summed E-state index contributed by atoms with van der Waals surface area (Å²) in [4.78, 5) is 2.43. The zero-order valence-corrected chi connectivity index (χ0v) is 13.7. The van der Waals surface area contributed by atoms with E-state index in [4.69, 9.17) is 9.47 Å². The molecule has 0 spiro atoms.